The molecule has 8 nitrogen and oxygen atoms in total. The Balaban J connectivity index is 1.50. The molecule has 1 aromatic heterocycles. The zero-order valence-electron chi connectivity index (χ0n) is 13.5. The zero-order valence-corrected chi connectivity index (χ0v) is 14.2. The molecule has 0 aliphatic carbocycles. The highest BCUT2D eigenvalue weighted by atomic mass is 35.5. The third-order valence-electron chi connectivity index (χ3n) is 3.84. The number of hydrogen-bond donors (Lipinski definition) is 2. The van der Waals surface area contributed by atoms with Gasteiger partial charge in [-0.3, -0.25) is 0 Å². The molecule has 0 spiro atoms. The largest absolute Gasteiger partial charge is 0.489 e. The van der Waals surface area contributed by atoms with Gasteiger partial charge in [-0.25, -0.2) is 24.4 Å². The van der Waals surface area contributed by atoms with E-state index in [1.54, 1.807) is 30.3 Å². The Morgan fingerprint density at radius 2 is 1.73 bits per heavy atom. The summed E-state index contributed by atoms with van der Waals surface area (Å²) in [6.45, 7) is 1.23. The van der Waals surface area contributed by atoms with Gasteiger partial charge in [0, 0.05) is 0 Å². The Bertz CT molecular complexity index is 1020. The molecule has 0 fully saturated rings. The van der Waals surface area contributed by atoms with Gasteiger partial charge in [0.25, 0.3) is 0 Å². The van der Waals surface area contributed by atoms with Crippen LogP contribution in [0.1, 0.15) is 5.56 Å². The monoisotopic (exact) mass is 375 g/mol. The second kappa shape index (κ2) is 6.64. The van der Waals surface area contributed by atoms with Crippen molar-refractivity contribution < 1.29 is 14.2 Å². The first kappa shape index (κ1) is 16.3. The highest BCUT2D eigenvalue weighted by molar-refractivity contribution is 6.32. The topological polar surface area (TPSA) is 98.3 Å². The Kier molecular flexibility index (Phi) is 4.18. The molecule has 0 amide bonds. The summed E-state index contributed by atoms with van der Waals surface area (Å²) in [5.41, 5.74) is 0.207. The van der Waals surface area contributed by atoms with Crippen LogP contribution in [-0.4, -0.2) is 28.0 Å². The molecule has 0 saturated carbocycles. The van der Waals surface area contributed by atoms with Crippen LogP contribution in [0.5, 0.6) is 17.2 Å². The second-order valence-electron chi connectivity index (χ2n) is 5.58. The molecule has 26 heavy (non-hydrogen) atoms. The Morgan fingerprint density at radius 3 is 2.46 bits per heavy atom. The summed E-state index contributed by atoms with van der Waals surface area (Å²) in [6.07, 6.45) is 0. The SMILES string of the molecule is O=c1[nH][nH]c(=O)n1-c1ccc(OCc2cc(Cl)c3c(c2)OCCO3)cc1. The van der Waals surface area contributed by atoms with Gasteiger partial charge in [-0.1, -0.05) is 11.6 Å². The third kappa shape index (κ3) is 3.06. The van der Waals surface area contributed by atoms with Gasteiger partial charge in [0.15, 0.2) is 11.5 Å². The number of nitrogens with zero attached hydrogens (tertiary/aromatic N) is 1. The van der Waals surface area contributed by atoms with Crippen molar-refractivity contribution >= 4 is 11.6 Å². The number of ether oxygens (including phenoxy) is 3. The molecule has 0 saturated heterocycles. The summed E-state index contributed by atoms with van der Waals surface area (Å²) >= 11 is 6.21. The minimum atomic E-state index is -0.533. The van der Waals surface area contributed by atoms with Crippen molar-refractivity contribution in [2.24, 2.45) is 0 Å². The molecule has 2 N–H and O–H groups in total. The number of rotatable bonds is 4. The molecule has 1 aliphatic rings. The smallest absolute Gasteiger partial charge is 0.348 e. The first-order valence-corrected chi connectivity index (χ1v) is 8.20. The quantitative estimate of drug-likeness (QED) is 0.725. The Labute approximate surface area is 151 Å². The van der Waals surface area contributed by atoms with Crippen molar-refractivity contribution in [2.75, 3.05) is 13.2 Å². The van der Waals surface area contributed by atoms with Gasteiger partial charge in [0.05, 0.1) is 10.7 Å². The molecule has 4 rings (SSSR count). The molecule has 0 radical (unpaired) electrons. The average molecular weight is 376 g/mol. The molecule has 134 valence electrons. The van der Waals surface area contributed by atoms with Crippen LogP contribution in [0.4, 0.5) is 0 Å². The number of aromatic nitrogens is 3. The summed E-state index contributed by atoms with van der Waals surface area (Å²) in [5, 5.41) is 4.94. The van der Waals surface area contributed by atoms with Gasteiger partial charge in [-0.05, 0) is 42.0 Å². The standard InChI is InChI=1S/C17H14ClN3O5/c18-13-7-10(8-14-15(13)25-6-5-24-14)9-26-12-3-1-11(2-4-12)21-16(22)19-20-17(21)23/h1-4,7-8H,5-6,9H2,(H,19,22)(H,20,23). The van der Waals surface area contributed by atoms with E-state index in [1.165, 1.54) is 0 Å². The third-order valence-corrected chi connectivity index (χ3v) is 4.12. The van der Waals surface area contributed by atoms with Crippen LogP contribution in [0.3, 0.4) is 0 Å². The zero-order chi connectivity index (χ0) is 18.1. The van der Waals surface area contributed by atoms with Gasteiger partial charge >= 0.3 is 11.4 Å². The van der Waals surface area contributed by atoms with E-state index < -0.39 is 11.4 Å². The first-order chi connectivity index (χ1) is 12.6. The normalized spacial score (nSPS) is 12.8. The Hall–Kier alpha value is -3.13. The van der Waals surface area contributed by atoms with Crippen LogP contribution in [0, 0.1) is 0 Å². The molecule has 9 heteroatoms. The van der Waals surface area contributed by atoms with Gasteiger partial charge in [0.1, 0.15) is 25.6 Å². The van der Waals surface area contributed by atoms with Gasteiger partial charge in [0.2, 0.25) is 0 Å². The molecular weight excluding hydrogens is 362 g/mol. The van der Waals surface area contributed by atoms with E-state index in [0.717, 1.165) is 10.1 Å². The maximum Gasteiger partial charge on any atom is 0.348 e. The van der Waals surface area contributed by atoms with E-state index in [9.17, 15) is 9.59 Å². The maximum absolute atomic E-state index is 11.6. The van der Waals surface area contributed by atoms with Crippen LogP contribution >= 0.6 is 11.6 Å². The van der Waals surface area contributed by atoms with Crippen molar-refractivity contribution in [3.8, 4) is 22.9 Å². The number of benzene rings is 2. The highest BCUT2D eigenvalue weighted by Crippen LogP contribution is 2.38. The molecular formula is C17H14ClN3O5. The minimum absolute atomic E-state index is 0.278. The molecule has 2 heterocycles. The maximum atomic E-state index is 11.6. The van der Waals surface area contributed by atoms with Gasteiger partial charge < -0.3 is 14.2 Å². The lowest BCUT2D eigenvalue weighted by molar-refractivity contribution is 0.171. The average Bonchev–Trinajstić information content (AvgIpc) is 2.99. The molecule has 0 bridgehead atoms. The number of aromatic amines is 2. The molecule has 2 aromatic carbocycles. The second-order valence-corrected chi connectivity index (χ2v) is 5.99. The molecule has 1 aliphatic heterocycles. The van der Waals surface area contributed by atoms with E-state index in [0.29, 0.717) is 41.2 Å². The van der Waals surface area contributed by atoms with E-state index >= 15 is 0 Å². The number of H-pyrrole nitrogens is 2. The highest BCUT2D eigenvalue weighted by Gasteiger charge is 2.16. The van der Waals surface area contributed by atoms with E-state index in [4.69, 9.17) is 25.8 Å². The van der Waals surface area contributed by atoms with Crippen molar-refractivity contribution in [1.82, 2.24) is 14.8 Å². The van der Waals surface area contributed by atoms with E-state index in [1.807, 2.05) is 6.07 Å². The summed E-state index contributed by atoms with van der Waals surface area (Å²) in [6, 6.07) is 10.2. The Morgan fingerprint density at radius 1 is 1.04 bits per heavy atom. The first-order valence-electron chi connectivity index (χ1n) is 7.83. The van der Waals surface area contributed by atoms with Crippen molar-refractivity contribution in [2.45, 2.75) is 6.61 Å². The predicted octanol–water partition coefficient (Wildman–Crippen LogP) is 1.86. The van der Waals surface area contributed by atoms with E-state index in [-0.39, 0.29) is 6.61 Å². The molecule has 0 unspecified atom stereocenters. The number of fused-ring (bicyclic) bond motifs is 1. The number of halogens is 1. The van der Waals surface area contributed by atoms with Crippen molar-refractivity contribution in [3.05, 3.63) is 68.0 Å². The fourth-order valence-electron chi connectivity index (χ4n) is 2.65. The minimum Gasteiger partial charge on any atom is -0.489 e. The fraction of sp³-hybridized carbons (Fsp3) is 0.176. The van der Waals surface area contributed by atoms with E-state index in [2.05, 4.69) is 10.2 Å². The predicted molar refractivity (Wildman–Crippen MR) is 93.8 cm³/mol. The summed E-state index contributed by atoms with van der Waals surface area (Å²) in [7, 11) is 0. The van der Waals surface area contributed by atoms with Crippen LogP contribution in [-0.2, 0) is 6.61 Å². The van der Waals surface area contributed by atoms with Crippen LogP contribution in [0.15, 0.2) is 46.0 Å². The molecule has 3 aromatic rings. The van der Waals surface area contributed by atoms with Crippen LogP contribution in [0.25, 0.3) is 5.69 Å². The number of nitrogens with one attached hydrogen (secondary N) is 2. The summed E-state index contributed by atoms with van der Waals surface area (Å²) in [5.74, 6) is 1.73. The van der Waals surface area contributed by atoms with Crippen LogP contribution < -0.4 is 25.6 Å². The van der Waals surface area contributed by atoms with Crippen molar-refractivity contribution in [3.63, 3.8) is 0 Å². The van der Waals surface area contributed by atoms with Gasteiger partial charge in [-0.2, -0.15) is 0 Å². The number of hydrogen-bond acceptors (Lipinski definition) is 5. The fourth-order valence-corrected chi connectivity index (χ4v) is 2.94. The van der Waals surface area contributed by atoms with Gasteiger partial charge in [-0.15, -0.1) is 0 Å². The summed E-state index contributed by atoms with van der Waals surface area (Å²) < 4.78 is 17.8. The lowest BCUT2D eigenvalue weighted by atomic mass is 10.2. The van der Waals surface area contributed by atoms with Crippen LogP contribution in [0.2, 0.25) is 5.02 Å². The lowest BCUT2D eigenvalue weighted by Gasteiger charge is -2.20. The lowest BCUT2D eigenvalue weighted by Crippen LogP contribution is -2.24. The van der Waals surface area contributed by atoms with Crippen molar-refractivity contribution in [1.29, 1.82) is 0 Å². The molecule has 0 atom stereocenters. The summed E-state index contributed by atoms with van der Waals surface area (Å²) in [4.78, 5) is 23.2.